The van der Waals surface area contributed by atoms with Crippen molar-refractivity contribution < 1.29 is 23.8 Å². The lowest BCUT2D eigenvalue weighted by Crippen LogP contribution is -2.18. The second-order valence-corrected chi connectivity index (χ2v) is 3.34. The fraction of sp³-hybridized carbons (Fsp3) is 0.333. The maximum Gasteiger partial charge on any atom is 0.379 e. The summed E-state index contributed by atoms with van der Waals surface area (Å²) in [4.78, 5) is 23.0. The molecule has 17 heavy (non-hydrogen) atoms. The quantitative estimate of drug-likeness (QED) is 0.450. The van der Waals surface area contributed by atoms with Crippen molar-refractivity contribution in [3.05, 3.63) is 23.3 Å². The van der Waals surface area contributed by atoms with E-state index < -0.39 is 11.8 Å². The summed E-state index contributed by atoms with van der Waals surface area (Å²) in [5.41, 5.74) is 0.789. The average molecular weight is 238 g/mol. The molecule has 92 valence electrons. The third-order valence-corrected chi connectivity index (χ3v) is 2.33. The molecule has 0 atom stereocenters. The van der Waals surface area contributed by atoms with Gasteiger partial charge in [-0.1, -0.05) is 0 Å². The smallest absolute Gasteiger partial charge is 0.379 e. The number of carbonyl (C=O) groups excluding carboxylic acids is 2. The second-order valence-electron chi connectivity index (χ2n) is 3.34. The summed E-state index contributed by atoms with van der Waals surface area (Å²) in [6.45, 7) is 1.70. The van der Waals surface area contributed by atoms with E-state index in [2.05, 4.69) is 4.74 Å². The van der Waals surface area contributed by atoms with E-state index in [-0.39, 0.29) is 11.3 Å². The van der Waals surface area contributed by atoms with Gasteiger partial charge in [-0.25, -0.2) is 4.79 Å². The van der Waals surface area contributed by atoms with Crippen molar-refractivity contribution in [2.75, 3.05) is 21.3 Å². The molecule has 0 saturated carbocycles. The first kappa shape index (κ1) is 13.0. The summed E-state index contributed by atoms with van der Waals surface area (Å²) in [5, 5.41) is 0. The highest BCUT2D eigenvalue weighted by Crippen LogP contribution is 2.28. The molecule has 0 heterocycles. The molecule has 1 aromatic carbocycles. The first-order valence-electron chi connectivity index (χ1n) is 4.90. The van der Waals surface area contributed by atoms with Crippen LogP contribution in [0.3, 0.4) is 0 Å². The van der Waals surface area contributed by atoms with Crippen molar-refractivity contribution in [3.8, 4) is 11.5 Å². The predicted molar refractivity (Wildman–Crippen MR) is 60.6 cm³/mol. The van der Waals surface area contributed by atoms with Crippen LogP contribution in [0.5, 0.6) is 11.5 Å². The lowest BCUT2D eigenvalue weighted by atomic mass is 10.0. The van der Waals surface area contributed by atoms with Gasteiger partial charge in [0.2, 0.25) is 0 Å². The normalized spacial score (nSPS) is 9.65. The van der Waals surface area contributed by atoms with E-state index in [4.69, 9.17) is 9.47 Å². The number of Topliss-reactive ketones (excluding diaryl/α,β-unsaturated/α-hetero) is 1. The molecule has 1 rings (SSSR count). The molecule has 0 aliphatic rings. The third-order valence-electron chi connectivity index (χ3n) is 2.33. The SMILES string of the molecule is COC(=O)C(=O)c1c(C)cc(OC)cc1OC. The van der Waals surface area contributed by atoms with Crippen molar-refractivity contribution in [2.45, 2.75) is 6.92 Å². The maximum absolute atomic E-state index is 11.8. The van der Waals surface area contributed by atoms with E-state index in [9.17, 15) is 9.59 Å². The predicted octanol–water partition coefficient (Wildman–Crippen LogP) is 1.37. The molecule has 0 bridgehead atoms. The van der Waals surface area contributed by atoms with Gasteiger partial charge >= 0.3 is 5.97 Å². The van der Waals surface area contributed by atoms with Gasteiger partial charge in [-0.15, -0.1) is 0 Å². The number of esters is 1. The fourth-order valence-corrected chi connectivity index (χ4v) is 1.49. The summed E-state index contributed by atoms with van der Waals surface area (Å²) in [5.74, 6) is -0.806. The molecule has 0 aliphatic carbocycles. The largest absolute Gasteiger partial charge is 0.497 e. The molecule has 0 radical (unpaired) electrons. The zero-order valence-electron chi connectivity index (χ0n) is 10.2. The molecule has 0 aliphatic heterocycles. The standard InChI is InChI=1S/C12H14O5/c1-7-5-8(15-2)6-9(16-3)10(7)11(13)12(14)17-4/h5-6H,1-4H3. The van der Waals surface area contributed by atoms with Crippen molar-refractivity contribution >= 4 is 11.8 Å². The number of rotatable bonds is 4. The van der Waals surface area contributed by atoms with E-state index in [0.717, 1.165) is 7.11 Å². The Kier molecular flexibility index (Phi) is 4.09. The molecule has 0 aromatic heterocycles. The van der Waals surface area contributed by atoms with Gasteiger partial charge in [0.25, 0.3) is 5.78 Å². The molecule has 5 nitrogen and oxygen atoms in total. The molecular weight excluding hydrogens is 224 g/mol. The van der Waals surface area contributed by atoms with Crippen molar-refractivity contribution in [2.24, 2.45) is 0 Å². The molecule has 1 aromatic rings. The first-order chi connectivity index (χ1) is 8.04. The monoisotopic (exact) mass is 238 g/mol. The maximum atomic E-state index is 11.8. The van der Waals surface area contributed by atoms with Gasteiger partial charge in [-0.3, -0.25) is 4.79 Å². The summed E-state index contributed by atoms with van der Waals surface area (Å²) < 4.78 is 14.5. The van der Waals surface area contributed by atoms with Crippen LogP contribution < -0.4 is 9.47 Å². The number of hydrogen-bond acceptors (Lipinski definition) is 5. The molecule has 0 saturated heterocycles. The van der Waals surface area contributed by atoms with Crippen LogP contribution in [0.4, 0.5) is 0 Å². The molecule has 0 amide bonds. The average Bonchev–Trinajstić information content (AvgIpc) is 2.35. The Morgan fingerprint density at radius 1 is 1.06 bits per heavy atom. The molecule has 5 heteroatoms. The summed E-state index contributed by atoms with van der Waals surface area (Å²) in [6, 6.07) is 3.20. The highest BCUT2D eigenvalue weighted by Gasteiger charge is 2.23. The highest BCUT2D eigenvalue weighted by molar-refractivity contribution is 6.41. The number of carbonyl (C=O) groups is 2. The van der Waals surface area contributed by atoms with E-state index in [1.807, 2.05) is 0 Å². The van der Waals surface area contributed by atoms with Crippen molar-refractivity contribution in [1.82, 2.24) is 0 Å². The minimum atomic E-state index is -0.920. The lowest BCUT2D eigenvalue weighted by molar-refractivity contribution is -0.135. The van der Waals surface area contributed by atoms with Crippen molar-refractivity contribution in [3.63, 3.8) is 0 Å². The Balaban J connectivity index is 3.32. The van der Waals surface area contributed by atoms with Crippen LogP contribution in [-0.4, -0.2) is 33.1 Å². The van der Waals surface area contributed by atoms with Gasteiger partial charge in [0.15, 0.2) is 0 Å². The third kappa shape index (κ3) is 2.55. The Labute approximate surface area is 99.3 Å². The summed E-state index contributed by atoms with van der Waals surface area (Å²) >= 11 is 0. The minimum absolute atomic E-state index is 0.195. The van der Waals surface area contributed by atoms with Crippen LogP contribution in [0, 0.1) is 6.92 Å². The molecular formula is C12H14O5. The van der Waals surface area contributed by atoms with E-state index in [1.54, 1.807) is 19.1 Å². The topological polar surface area (TPSA) is 61.8 Å². The van der Waals surface area contributed by atoms with Crippen LogP contribution in [0.25, 0.3) is 0 Å². The second kappa shape index (κ2) is 5.34. The Morgan fingerprint density at radius 2 is 1.71 bits per heavy atom. The molecule has 0 fully saturated rings. The lowest BCUT2D eigenvalue weighted by Gasteiger charge is -2.11. The van der Waals surface area contributed by atoms with Gasteiger partial charge in [-0.2, -0.15) is 0 Å². The zero-order valence-corrected chi connectivity index (χ0v) is 10.2. The Morgan fingerprint density at radius 3 is 2.18 bits per heavy atom. The van der Waals surface area contributed by atoms with E-state index >= 15 is 0 Å². The van der Waals surface area contributed by atoms with Gasteiger partial charge in [0.1, 0.15) is 11.5 Å². The zero-order chi connectivity index (χ0) is 13.0. The van der Waals surface area contributed by atoms with Gasteiger partial charge in [0.05, 0.1) is 26.9 Å². The number of hydrogen-bond donors (Lipinski definition) is 0. The van der Waals surface area contributed by atoms with Crippen LogP contribution >= 0.6 is 0 Å². The molecule has 0 unspecified atom stereocenters. The summed E-state index contributed by atoms with van der Waals surface area (Å²) in [6.07, 6.45) is 0. The number of aryl methyl sites for hydroxylation is 1. The van der Waals surface area contributed by atoms with E-state index in [0.29, 0.717) is 11.3 Å². The first-order valence-corrected chi connectivity index (χ1v) is 4.90. The fourth-order valence-electron chi connectivity index (χ4n) is 1.49. The van der Waals surface area contributed by atoms with Gasteiger partial charge in [-0.05, 0) is 18.6 Å². The minimum Gasteiger partial charge on any atom is -0.497 e. The van der Waals surface area contributed by atoms with Crippen LogP contribution in [0.15, 0.2) is 12.1 Å². The molecule has 0 spiro atoms. The number of ether oxygens (including phenoxy) is 3. The Hall–Kier alpha value is -2.04. The number of ketones is 1. The van der Waals surface area contributed by atoms with Crippen LogP contribution in [-0.2, 0) is 9.53 Å². The van der Waals surface area contributed by atoms with Crippen LogP contribution in [0.2, 0.25) is 0 Å². The van der Waals surface area contributed by atoms with E-state index in [1.165, 1.54) is 14.2 Å². The Bertz CT molecular complexity index is 450. The van der Waals surface area contributed by atoms with Gasteiger partial charge < -0.3 is 14.2 Å². The number of methoxy groups -OCH3 is 3. The van der Waals surface area contributed by atoms with Crippen molar-refractivity contribution in [1.29, 1.82) is 0 Å². The van der Waals surface area contributed by atoms with Gasteiger partial charge in [0, 0.05) is 6.07 Å². The highest BCUT2D eigenvalue weighted by atomic mass is 16.5. The number of benzene rings is 1. The van der Waals surface area contributed by atoms with Crippen LogP contribution in [0.1, 0.15) is 15.9 Å². The summed E-state index contributed by atoms with van der Waals surface area (Å²) in [7, 11) is 4.09. The molecule has 0 N–H and O–H groups in total.